The minimum Gasteiger partial charge on any atom is -0.385 e. The summed E-state index contributed by atoms with van der Waals surface area (Å²) in [5.74, 6) is 0.0566. The van der Waals surface area contributed by atoms with E-state index in [1.165, 1.54) is 0 Å². The smallest absolute Gasteiger partial charge is 0.270 e. The third-order valence-corrected chi connectivity index (χ3v) is 3.03. The number of carbonyl (C=O) groups excluding carboxylic acids is 2. The summed E-state index contributed by atoms with van der Waals surface area (Å²) in [6.07, 6.45) is 3.57. The van der Waals surface area contributed by atoms with Crippen molar-refractivity contribution in [1.82, 2.24) is 15.6 Å². The van der Waals surface area contributed by atoms with Crippen molar-refractivity contribution in [2.75, 3.05) is 25.0 Å². The summed E-state index contributed by atoms with van der Waals surface area (Å²) in [4.78, 5) is 27.3. The van der Waals surface area contributed by atoms with E-state index in [1.54, 1.807) is 12.3 Å². The highest BCUT2D eigenvalue weighted by Crippen LogP contribution is 2.28. The van der Waals surface area contributed by atoms with Crippen LogP contribution in [-0.2, 0) is 4.79 Å². The van der Waals surface area contributed by atoms with Crippen LogP contribution in [0.3, 0.4) is 0 Å². The van der Waals surface area contributed by atoms with Crippen molar-refractivity contribution < 1.29 is 9.59 Å². The van der Waals surface area contributed by atoms with Crippen LogP contribution in [0.1, 0.15) is 30.3 Å². The van der Waals surface area contributed by atoms with Gasteiger partial charge in [0.1, 0.15) is 5.69 Å². The molecule has 0 saturated heterocycles. The molecule has 2 rings (SSSR count). The molecule has 6 heteroatoms. The highest BCUT2D eigenvalue weighted by Gasteiger charge is 2.28. The normalized spacial score (nSPS) is 13.7. The van der Waals surface area contributed by atoms with E-state index in [2.05, 4.69) is 20.9 Å². The first-order chi connectivity index (χ1) is 9.70. The van der Waals surface area contributed by atoms with Crippen LogP contribution in [0, 0.1) is 5.92 Å². The topological polar surface area (TPSA) is 83.1 Å². The molecule has 20 heavy (non-hydrogen) atoms. The molecule has 1 heterocycles. The summed E-state index contributed by atoms with van der Waals surface area (Å²) in [7, 11) is 0. The number of hydrogen-bond donors (Lipinski definition) is 3. The molecule has 108 valence electrons. The van der Waals surface area contributed by atoms with Gasteiger partial charge in [0, 0.05) is 37.4 Å². The number of anilines is 1. The largest absolute Gasteiger partial charge is 0.385 e. The van der Waals surface area contributed by atoms with E-state index in [0.29, 0.717) is 18.8 Å². The molecular weight excluding hydrogens is 256 g/mol. The second kappa shape index (κ2) is 6.88. The monoisotopic (exact) mass is 276 g/mol. The Morgan fingerprint density at radius 1 is 1.30 bits per heavy atom. The molecule has 0 unspecified atom stereocenters. The number of pyridine rings is 1. The van der Waals surface area contributed by atoms with Gasteiger partial charge in [0.2, 0.25) is 5.91 Å². The van der Waals surface area contributed by atoms with Gasteiger partial charge >= 0.3 is 0 Å². The van der Waals surface area contributed by atoms with Gasteiger partial charge in [0.15, 0.2) is 0 Å². The SMILES string of the molecule is CCNc1ccnc(C(=O)NCCNC(=O)C2CC2)c1. The van der Waals surface area contributed by atoms with Gasteiger partial charge in [-0.2, -0.15) is 0 Å². The number of nitrogens with one attached hydrogen (secondary N) is 3. The van der Waals surface area contributed by atoms with Gasteiger partial charge in [0.05, 0.1) is 0 Å². The first-order valence-corrected chi connectivity index (χ1v) is 6.96. The molecule has 1 saturated carbocycles. The minimum atomic E-state index is -0.231. The van der Waals surface area contributed by atoms with E-state index < -0.39 is 0 Å². The minimum absolute atomic E-state index is 0.0894. The van der Waals surface area contributed by atoms with Crippen LogP contribution in [0.25, 0.3) is 0 Å². The fourth-order valence-corrected chi connectivity index (χ4v) is 1.81. The number of aromatic nitrogens is 1. The van der Waals surface area contributed by atoms with Crippen molar-refractivity contribution in [2.45, 2.75) is 19.8 Å². The molecule has 1 aliphatic carbocycles. The lowest BCUT2D eigenvalue weighted by molar-refractivity contribution is -0.122. The molecule has 0 aliphatic heterocycles. The van der Waals surface area contributed by atoms with Crippen LogP contribution >= 0.6 is 0 Å². The first kappa shape index (κ1) is 14.3. The predicted octanol–water partition coefficient (Wildman–Crippen LogP) is 0.769. The molecule has 6 nitrogen and oxygen atoms in total. The Bertz CT molecular complexity index is 486. The molecule has 2 amide bonds. The van der Waals surface area contributed by atoms with Gasteiger partial charge in [0.25, 0.3) is 5.91 Å². The summed E-state index contributed by atoms with van der Waals surface area (Å²) >= 11 is 0. The highest BCUT2D eigenvalue weighted by atomic mass is 16.2. The highest BCUT2D eigenvalue weighted by molar-refractivity contribution is 5.93. The second-order valence-corrected chi connectivity index (χ2v) is 4.78. The van der Waals surface area contributed by atoms with Crippen LogP contribution in [0.4, 0.5) is 5.69 Å². The van der Waals surface area contributed by atoms with Gasteiger partial charge in [-0.3, -0.25) is 14.6 Å². The van der Waals surface area contributed by atoms with E-state index in [4.69, 9.17) is 0 Å². The molecule has 0 aromatic carbocycles. The summed E-state index contributed by atoms with van der Waals surface area (Å²) in [5.41, 5.74) is 1.24. The number of hydrogen-bond acceptors (Lipinski definition) is 4. The molecule has 1 aromatic rings. The lowest BCUT2D eigenvalue weighted by atomic mass is 10.3. The first-order valence-electron chi connectivity index (χ1n) is 6.96. The third-order valence-electron chi connectivity index (χ3n) is 3.03. The lowest BCUT2D eigenvalue weighted by Gasteiger charge is -2.08. The second-order valence-electron chi connectivity index (χ2n) is 4.78. The molecule has 3 N–H and O–H groups in total. The maximum atomic E-state index is 11.9. The van der Waals surface area contributed by atoms with Crippen molar-refractivity contribution in [3.8, 4) is 0 Å². The number of carbonyl (C=O) groups is 2. The summed E-state index contributed by atoms with van der Waals surface area (Å²) in [6, 6.07) is 3.53. The maximum absolute atomic E-state index is 11.9. The van der Waals surface area contributed by atoms with E-state index in [0.717, 1.165) is 25.1 Å². The van der Waals surface area contributed by atoms with Gasteiger partial charge in [-0.25, -0.2) is 0 Å². The van der Waals surface area contributed by atoms with Crippen molar-refractivity contribution in [3.63, 3.8) is 0 Å². The van der Waals surface area contributed by atoms with Gasteiger partial charge < -0.3 is 16.0 Å². The average Bonchev–Trinajstić information content (AvgIpc) is 3.28. The number of amides is 2. The number of rotatable bonds is 7. The van der Waals surface area contributed by atoms with E-state index in [-0.39, 0.29) is 17.7 Å². The zero-order valence-corrected chi connectivity index (χ0v) is 11.6. The molecule has 0 spiro atoms. The van der Waals surface area contributed by atoms with Crippen molar-refractivity contribution in [2.24, 2.45) is 5.92 Å². The quantitative estimate of drug-likeness (QED) is 0.642. The van der Waals surface area contributed by atoms with Crippen LogP contribution in [0.15, 0.2) is 18.3 Å². The van der Waals surface area contributed by atoms with Crippen LogP contribution in [0.5, 0.6) is 0 Å². The van der Waals surface area contributed by atoms with E-state index >= 15 is 0 Å². The van der Waals surface area contributed by atoms with E-state index in [1.807, 2.05) is 13.0 Å². The molecule has 1 aromatic heterocycles. The zero-order chi connectivity index (χ0) is 14.4. The number of nitrogens with zero attached hydrogens (tertiary/aromatic N) is 1. The fraction of sp³-hybridized carbons (Fsp3) is 0.500. The molecule has 1 fully saturated rings. The van der Waals surface area contributed by atoms with Crippen LogP contribution in [-0.4, -0.2) is 36.4 Å². The van der Waals surface area contributed by atoms with Gasteiger partial charge in [-0.05, 0) is 31.9 Å². The third kappa shape index (κ3) is 4.22. The van der Waals surface area contributed by atoms with Gasteiger partial charge in [-0.1, -0.05) is 0 Å². The Kier molecular flexibility index (Phi) is 4.92. The zero-order valence-electron chi connectivity index (χ0n) is 11.6. The Labute approximate surface area is 118 Å². The van der Waals surface area contributed by atoms with Crippen LogP contribution < -0.4 is 16.0 Å². The Balaban J connectivity index is 1.73. The maximum Gasteiger partial charge on any atom is 0.270 e. The van der Waals surface area contributed by atoms with Gasteiger partial charge in [-0.15, -0.1) is 0 Å². The Morgan fingerprint density at radius 2 is 2.05 bits per heavy atom. The fourth-order valence-electron chi connectivity index (χ4n) is 1.81. The molecule has 1 aliphatic rings. The summed E-state index contributed by atoms with van der Waals surface area (Å²) in [5, 5.41) is 8.66. The predicted molar refractivity (Wildman–Crippen MR) is 76.5 cm³/mol. The molecular formula is C14H20N4O2. The van der Waals surface area contributed by atoms with Crippen molar-refractivity contribution in [3.05, 3.63) is 24.0 Å². The lowest BCUT2D eigenvalue weighted by Crippen LogP contribution is -2.35. The summed E-state index contributed by atoms with van der Waals surface area (Å²) in [6.45, 7) is 3.64. The van der Waals surface area contributed by atoms with Crippen LogP contribution in [0.2, 0.25) is 0 Å². The summed E-state index contributed by atoms with van der Waals surface area (Å²) < 4.78 is 0. The Morgan fingerprint density at radius 3 is 2.75 bits per heavy atom. The van der Waals surface area contributed by atoms with E-state index in [9.17, 15) is 9.59 Å². The average molecular weight is 276 g/mol. The molecule has 0 atom stereocenters. The van der Waals surface area contributed by atoms with Crippen molar-refractivity contribution in [1.29, 1.82) is 0 Å². The van der Waals surface area contributed by atoms with Crippen molar-refractivity contribution >= 4 is 17.5 Å². The standard InChI is InChI=1S/C14H20N4O2/c1-2-15-11-5-6-16-12(9-11)14(20)18-8-7-17-13(19)10-3-4-10/h5-6,9-10H,2-4,7-8H2,1H3,(H,15,16)(H,17,19)(H,18,20). The molecule has 0 bridgehead atoms. The molecule has 0 radical (unpaired) electrons. The Hall–Kier alpha value is -2.11.